The number of carbonyl (C=O) groups is 2. The molecule has 1 aromatic carbocycles. The minimum atomic E-state index is -0.749. The molecule has 0 bridgehead atoms. The van der Waals surface area contributed by atoms with E-state index in [1.807, 2.05) is 0 Å². The molecule has 0 aliphatic carbocycles. The van der Waals surface area contributed by atoms with Crippen LogP contribution in [0.4, 0.5) is 4.79 Å². The summed E-state index contributed by atoms with van der Waals surface area (Å²) in [6.45, 7) is 5.33. The van der Waals surface area contributed by atoms with E-state index in [0.717, 1.165) is 0 Å². The maximum absolute atomic E-state index is 12.0. The molecule has 0 aliphatic rings. The number of likely N-dealkylation sites (N-methyl/N-ethyl adjacent to an activating group) is 1. The molecule has 0 fully saturated rings. The number of rotatable bonds is 4. The molecule has 0 spiro atoms. The largest absolute Gasteiger partial charge is 0.496 e. The van der Waals surface area contributed by atoms with Gasteiger partial charge in [-0.1, -0.05) is 18.2 Å². The van der Waals surface area contributed by atoms with Crippen molar-refractivity contribution in [1.29, 1.82) is 0 Å². The predicted molar refractivity (Wildman–Crippen MR) is 75.8 cm³/mol. The summed E-state index contributed by atoms with van der Waals surface area (Å²) in [5, 5.41) is 0. The molecule has 0 saturated heterocycles. The molecular formula is C15H21NO4. The molecule has 1 rings (SSSR count). The quantitative estimate of drug-likeness (QED) is 0.795. The van der Waals surface area contributed by atoms with E-state index in [-0.39, 0.29) is 0 Å². The van der Waals surface area contributed by atoms with Crippen molar-refractivity contribution in [3.8, 4) is 5.75 Å². The first-order valence-electron chi connectivity index (χ1n) is 6.34. The summed E-state index contributed by atoms with van der Waals surface area (Å²) in [5.41, 5.74) is 0.0119. The van der Waals surface area contributed by atoms with E-state index >= 15 is 0 Å². The Morgan fingerprint density at radius 1 is 1.30 bits per heavy atom. The normalized spacial score (nSPS) is 12.4. The molecule has 0 saturated carbocycles. The molecule has 0 heterocycles. The van der Waals surface area contributed by atoms with Crippen molar-refractivity contribution in [3.63, 3.8) is 0 Å². The molecule has 1 aromatic rings. The van der Waals surface area contributed by atoms with Crippen LogP contribution in [0.3, 0.4) is 0 Å². The Morgan fingerprint density at radius 2 is 1.90 bits per heavy atom. The first-order chi connectivity index (χ1) is 9.30. The summed E-state index contributed by atoms with van der Waals surface area (Å²) in [5.74, 6) is 0.556. The number of carbonyl (C=O) groups excluding carboxylic acids is 2. The summed E-state index contributed by atoms with van der Waals surface area (Å²) in [6.07, 6.45) is 0.141. The van der Waals surface area contributed by atoms with Gasteiger partial charge in [-0.25, -0.2) is 4.79 Å². The molecular weight excluding hydrogens is 258 g/mol. The van der Waals surface area contributed by atoms with Gasteiger partial charge < -0.3 is 14.3 Å². The van der Waals surface area contributed by atoms with Crippen LogP contribution >= 0.6 is 0 Å². The van der Waals surface area contributed by atoms with Crippen molar-refractivity contribution in [2.45, 2.75) is 32.4 Å². The zero-order valence-corrected chi connectivity index (χ0v) is 12.5. The molecule has 0 aliphatic heterocycles. The second kappa shape index (κ2) is 6.41. The Kier molecular flexibility index (Phi) is 5.13. The lowest BCUT2D eigenvalue weighted by Crippen LogP contribution is -2.37. The van der Waals surface area contributed by atoms with Crippen LogP contribution in [-0.2, 0) is 9.53 Å². The lowest BCUT2D eigenvalue weighted by molar-refractivity contribution is -0.112. The third kappa shape index (κ3) is 3.98. The molecule has 1 atom stereocenters. The summed E-state index contributed by atoms with van der Waals surface area (Å²) < 4.78 is 10.5. The molecule has 20 heavy (non-hydrogen) atoms. The highest BCUT2D eigenvalue weighted by molar-refractivity contribution is 5.75. The molecule has 1 unspecified atom stereocenters. The topological polar surface area (TPSA) is 55.8 Å². The molecule has 0 radical (unpaired) electrons. The van der Waals surface area contributed by atoms with Crippen molar-refractivity contribution in [2.24, 2.45) is 0 Å². The molecule has 5 heteroatoms. The first-order valence-corrected chi connectivity index (χ1v) is 6.34. The Balaban J connectivity index is 3.01. The number of benzene rings is 1. The van der Waals surface area contributed by atoms with Gasteiger partial charge in [-0.2, -0.15) is 0 Å². The molecule has 0 aromatic heterocycles. The molecule has 1 amide bonds. The predicted octanol–water partition coefficient (Wildman–Crippen LogP) is 2.80. The Labute approximate surface area is 119 Å². The number of nitrogens with zero attached hydrogens (tertiary/aromatic N) is 1. The van der Waals surface area contributed by atoms with Crippen molar-refractivity contribution >= 4 is 12.4 Å². The standard InChI is InChI=1S/C15H21NO4/c1-15(2,3)20-14(18)16(4)12(10-17)11-8-6-7-9-13(11)19-5/h6-10,12H,1-5H3. The smallest absolute Gasteiger partial charge is 0.410 e. The SMILES string of the molecule is COc1ccccc1C(C=O)N(C)C(=O)OC(C)(C)C. The van der Waals surface area contributed by atoms with Crippen molar-refractivity contribution in [1.82, 2.24) is 4.90 Å². The van der Waals surface area contributed by atoms with Crippen molar-refractivity contribution < 1.29 is 19.1 Å². The van der Waals surface area contributed by atoms with Gasteiger partial charge >= 0.3 is 6.09 Å². The minimum absolute atomic E-state index is 0.555. The van der Waals surface area contributed by atoms with Crippen LogP contribution in [0.25, 0.3) is 0 Å². The van der Waals surface area contributed by atoms with E-state index in [0.29, 0.717) is 17.6 Å². The van der Waals surface area contributed by atoms with Crippen LogP contribution in [0.15, 0.2) is 24.3 Å². The lowest BCUT2D eigenvalue weighted by Gasteiger charge is -2.28. The number of hydrogen-bond donors (Lipinski definition) is 0. The van der Waals surface area contributed by atoms with Gasteiger partial charge in [0.1, 0.15) is 23.7 Å². The maximum atomic E-state index is 12.0. The molecule has 5 nitrogen and oxygen atoms in total. The van der Waals surface area contributed by atoms with E-state index < -0.39 is 17.7 Å². The van der Waals surface area contributed by atoms with Crippen LogP contribution in [0, 0.1) is 0 Å². The van der Waals surface area contributed by atoms with Gasteiger partial charge in [0, 0.05) is 12.6 Å². The van der Waals surface area contributed by atoms with Gasteiger partial charge in [0.15, 0.2) is 0 Å². The van der Waals surface area contributed by atoms with Gasteiger partial charge in [0.2, 0.25) is 0 Å². The van der Waals surface area contributed by atoms with Gasteiger partial charge in [-0.05, 0) is 26.8 Å². The van der Waals surface area contributed by atoms with Crippen molar-refractivity contribution in [3.05, 3.63) is 29.8 Å². The van der Waals surface area contributed by atoms with Gasteiger partial charge in [0.05, 0.1) is 7.11 Å². The highest BCUT2D eigenvalue weighted by Gasteiger charge is 2.27. The highest BCUT2D eigenvalue weighted by atomic mass is 16.6. The fourth-order valence-electron chi connectivity index (χ4n) is 1.73. The van der Waals surface area contributed by atoms with Crippen LogP contribution in [0.5, 0.6) is 5.75 Å². The maximum Gasteiger partial charge on any atom is 0.410 e. The van der Waals surface area contributed by atoms with Gasteiger partial charge in [-0.15, -0.1) is 0 Å². The van der Waals surface area contributed by atoms with Crippen LogP contribution in [-0.4, -0.2) is 37.0 Å². The summed E-state index contributed by atoms with van der Waals surface area (Å²) in [7, 11) is 3.05. The van der Waals surface area contributed by atoms with Gasteiger partial charge in [0.25, 0.3) is 0 Å². The first kappa shape index (κ1) is 16.0. The molecule has 0 N–H and O–H groups in total. The van der Waals surface area contributed by atoms with Crippen LogP contribution in [0.2, 0.25) is 0 Å². The number of amides is 1. The highest BCUT2D eigenvalue weighted by Crippen LogP contribution is 2.28. The second-order valence-electron chi connectivity index (χ2n) is 5.41. The zero-order chi connectivity index (χ0) is 15.3. The Hall–Kier alpha value is -2.04. The van der Waals surface area contributed by atoms with Crippen LogP contribution < -0.4 is 4.74 Å². The van der Waals surface area contributed by atoms with E-state index in [1.165, 1.54) is 19.1 Å². The number of para-hydroxylation sites is 1. The summed E-state index contributed by atoms with van der Waals surface area (Å²) >= 11 is 0. The fourth-order valence-corrected chi connectivity index (χ4v) is 1.73. The zero-order valence-electron chi connectivity index (χ0n) is 12.5. The summed E-state index contributed by atoms with van der Waals surface area (Å²) in [6, 6.07) is 6.34. The number of methoxy groups -OCH3 is 1. The molecule has 110 valence electrons. The summed E-state index contributed by atoms with van der Waals surface area (Å²) in [4.78, 5) is 24.7. The van der Waals surface area contributed by atoms with E-state index in [4.69, 9.17) is 9.47 Å². The number of hydrogen-bond acceptors (Lipinski definition) is 4. The van der Waals surface area contributed by atoms with E-state index in [2.05, 4.69) is 0 Å². The number of ether oxygens (including phenoxy) is 2. The average Bonchev–Trinajstić information content (AvgIpc) is 2.38. The van der Waals surface area contributed by atoms with Crippen LogP contribution in [0.1, 0.15) is 32.4 Å². The number of aldehydes is 1. The third-order valence-electron chi connectivity index (χ3n) is 2.69. The second-order valence-corrected chi connectivity index (χ2v) is 5.41. The lowest BCUT2D eigenvalue weighted by atomic mass is 10.1. The third-order valence-corrected chi connectivity index (χ3v) is 2.69. The van der Waals surface area contributed by atoms with E-state index in [9.17, 15) is 9.59 Å². The minimum Gasteiger partial charge on any atom is -0.496 e. The van der Waals surface area contributed by atoms with Gasteiger partial charge in [-0.3, -0.25) is 4.90 Å². The average molecular weight is 279 g/mol. The Bertz CT molecular complexity index is 479. The fraction of sp³-hybridized carbons (Fsp3) is 0.467. The monoisotopic (exact) mass is 279 g/mol. The van der Waals surface area contributed by atoms with E-state index in [1.54, 1.807) is 45.0 Å². The Morgan fingerprint density at radius 3 is 2.40 bits per heavy atom. The van der Waals surface area contributed by atoms with Crippen molar-refractivity contribution in [2.75, 3.05) is 14.2 Å².